The molecule has 0 fully saturated rings. The number of benzene rings is 1. The second kappa shape index (κ2) is 7.47. The lowest BCUT2D eigenvalue weighted by Crippen LogP contribution is -2.37. The molecule has 6 nitrogen and oxygen atoms in total. The SMILES string of the molecule is CN(Cc1cccc(C(F)(F)F)c1)C(=O)NCCc1nnc(N)s1. The second-order valence-electron chi connectivity index (χ2n) is 5.07. The molecule has 1 heterocycles. The Balaban J connectivity index is 1.85. The van der Waals surface area contributed by atoms with Crippen LogP contribution in [0.1, 0.15) is 16.1 Å². The Morgan fingerprint density at radius 1 is 1.38 bits per heavy atom. The van der Waals surface area contributed by atoms with Gasteiger partial charge in [-0.05, 0) is 17.7 Å². The van der Waals surface area contributed by atoms with Crippen molar-refractivity contribution in [3.63, 3.8) is 0 Å². The van der Waals surface area contributed by atoms with Gasteiger partial charge in [-0.15, -0.1) is 10.2 Å². The van der Waals surface area contributed by atoms with Gasteiger partial charge in [0.25, 0.3) is 0 Å². The van der Waals surface area contributed by atoms with E-state index in [-0.39, 0.29) is 12.6 Å². The smallest absolute Gasteiger partial charge is 0.374 e. The number of nitrogen functional groups attached to an aromatic ring is 1. The molecule has 3 N–H and O–H groups in total. The third-order valence-corrected chi connectivity index (χ3v) is 3.93. The van der Waals surface area contributed by atoms with Gasteiger partial charge in [-0.3, -0.25) is 0 Å². The maximum Gasteiger partial charge on any atom is 0.416 e. The predicted octanol–water partition coefficient (Wildman–Crippen LogP) is 2.52. The minimum absolute atomic E-state index is 0.0709. The summed E-state index contributed by atoms with van der Waals surface area (Å²) in [7, 11) is 1.51. The van der Waals surface area contributed by atoms with Crippen LogP contribution in [0.3, 0.4) is 0 Å². The molecule has 1 aromatic heterocycles. The van der Waals surface area contributed by atoms with E-state index in [0.29, 0.717) is 28.7 Å². The zero-order valence-electron chi connectivity index (χ0n) is 12.8. The molecular formula is C14H16F3N5OS. The quantitative estimate of drug-likeness (QED) is 0.859. The van der Waals surface area contributed by atoms with Gasteiger partial charge in [-0.1, -0.05) is 23.5 Å². The number of halogens is 3. The summed E-state index contributed by atoms with van der Waals surface area (Å²) in [5.74, 6) is 0. The zero-order valence-corrected chi connectivity index (χ0v) is 13.6. The highest BCUT2D eigenvalue weighted by molar-refractivity contribution is 7.15. The van der Waals surface area contributed by atoms with Gasteiger partial charge in [0, 0.05) is 26.6 Å². The summed E-state index contributed by atoms with van der Waals surface area (Å²) in [4.78, 5) is 13.3. The van der Waals surface area contributed by atoms with Crippen molar-refractivity contribution in [2.75, 3.05) is 19.3 Å². The fraction of sp³-hybridized carbons (Fsp3) is 0.357. The normalized spacial score (nSPS) is 11.3. The largest absolute Gasteiger partial charge is 0.416 e. The number of carbonyl (C=O) groups excluding carboxylic acids is 1. The van der Waals surface area contributed by atoms with Crippen LogP contribution in [0.5, 0.6) is 0 Å². The van der Waals surface area contributed by atoms with E-state index in [1.807, 2.05) is 0 Å². The van der Waals surface area contributed by atoms with E-state index in [1.165, 1.54) is 29.4 Å². The number of nitrogens with two attached hydrogens (primary N) is 1. The van der Waals surface area contributed by atoms with E-state index >= 15 is 0 Å². The number of hydrogen-bond donors (Lipinski definition) is 2. The van der Waals surface area contributed by atoms with Gasteiger partial charge in [0.2, 0.25) is 5.13 Å². The lowest BCUT2D eigenvalue weighted by molar-refractivity contribution is -0.137. The molecule has 2 aromatic rings. The van der Waals surface area contributed by atoms with Crippen molar-refractivity contribution in [3.05, 3.63) is 40.4 Å². The average molecular weight is 359 g/mol. The molecule has 0 bridgehead atoms. The van der Waals surface area contributed by atoms with Crippen LogP contribution in [-0.4, -0.2) is 34.7 Å². The first-order chi connectivity index (χ1) is 11.3. The summed E-state index contributed by atoms with van der Waals surface area (Å²) < 4.78 is 38.0. The molecule has 0 spiro atoms. The van der Waals surface area contributed by atoms with Crippen LogP contribution < -0.4 is 11.1 Å². The number of rotatable bonds is 5. The van der Waals surface area contributed by atoms with Crippen molar-refractivity contribution >= 4 is 22.5 Å². The molecule has 0 saturated carbocycles. The summed E-state index contributed by atoms with van der Waals surface area (Å²) in [5, 5.41) is 11.2. The van der Waals surface area contributed by atoms with Crippen molar-refractivity contribution < 1.29 is 18.0 Å². The maximum atomic E-state index is 12.7. The Morgan fingerprint density at radius 2 is 2.12 bits per heavy atom. The minimum Gasteiger partial charge on any atom is -0.374 e. The van der Waals surface area contributed by atoms with Gasteiger partial charge in [-0.25, -0.2) is 4.79 Å². The van der Waals surface area contributed by atoms with Crippen molar-refractivity contribution in [3.8, 4) is 0 Å². The lowest BCUT2D eigenvalue weighted by Gasteiger charge is -2.18. The van der Waals surface area contributed by atoms with E-state index in [1.54, 1.807) is 6.07 Å². The summed E-state index contributed by atoms with van der Waals surface area (Å²) in [5.41, 5.74) is 5.12. The molecule has 24 heavy (non-hydrogen) atoms. The average Bonchev–Trinajstić information content (AvgIpc) is 2.92. The monoisotopic (exact) mass is 359 g/mol. The molecule has 130 valence electrons. The zero-order chi connectivity index (χ0) is 17.7. The number of nitrogens with zero attached hydrogens (tertiary/aromatic N) is 3. The standard InChI is InChI=1S/C14H16F3N5OS/c1-22(8-9-3-2-4-10(7-9)14(15,16)17)13(23)19-6-5-11-20-21-12(18)24-11/h2-4,7H,5-6,8H2,1H3,(H2,18,21)(H,19,23). The van der Waals surface area contributed by atoms with Gasteiger partial charge in [0.1, 0.15) is 5.01 Å². The molecule has 0 aliphatic carbocycles. The van der Waals surface area contributed by atoms with Crippen LogP contribution in [0.15, 0.2) is 24.3 Å². The molecule has 0 radical (unpaired) electrons. The van der Waals surface area contributed by atoms with Crippen LogP contribution >= 0.6 is 11.3 Å². The molecule has 2 amide bonds. The number of urea groups is 1. The number of aromatic nitrogens is 2. The molecular weight excluding hydrogens is 343 g/mol. The van der Waals surface area contributed by atoms with Crippen molar-refractivity contribution in [2.45, 2.75) is 19.1 Å². The number of amides is 2. The molecule has 0 saturated heterocycles. The summed E-state index contributed by atoms with van der Waals surface area (Å²) >= 11 is 1.24. The Labute approximate surface area is 140 Å². The first kappa shape index (κ1) is 18.0. The van der Waals surface area contributed by atoms with E-state index in [9.17, 15) is 18.0 Å². The summed E-state index contributed by atoms with van der Waals surface area (Å²) in [6.07, 6.45) is -3.92. The number of nitrogens with one attached hydrogen (secondary N) is 1. The highest BCUT2D eigenvalue weighted by atomic mass is 32.1. The predicted molar refractivity (Wildman–Crippen MR) is 84.3 cm³/mol. The molecule has 1 aromatic carbocycles. The highest BCUT2D eigenvalue weighted by Gasteiger charge is 2.30. The van der Waals surface area contributed by atoms with Crippen LogP contribution in [0.4, 0.5) is 23.1 Å². The fourth-order valence-corrected chi connectivity index (χ4v) is 2.58. The van der Waals surface area contributed by atoms with Gasteiger partial charge < -0.3 is 16.0 Å². The summed E-state index contributed by atoms with van der Waals surface area (Å²) in [6.45, 7) is 0.405. The molecule has 10 heteroatoms. The van der Waals surface area contributed by atoms with Crippen molar-refractivity contribution in [1.82, 2.24) is 20.4 Å². The topological polar surface area (TPSA) is 84.1 Å². The molecule has 0 aliphatic heterocycles. The minimum atomic E-state index is -4.40. The maximum absolute atomic E-state index is 12.7. The lowest BCUT2D eigenvalue weighted by atomic mass is 10.1. The number of hydrogen-bond acceptors (Lipinski definition) is 5. The third-order valence-electron chi connectivity index (χ3n) is 3.12. The van der Waals surface area contributed by atoms with Gasteiger partial charge >= 0.3 is 12.2 Å². The Morgan fingerprint density at radius 3 is 2.75 bits per heavy atom. The van der Waals surface area contributed by atoms with Gasteiger partial charge in [-0.2, -0.15) is 13.2 Å². The van der Waals surface area contributed by atoms with Crippen LogP contribution in [0.2, 0.25) is 0 Å². The van der Waals surface area contributed by atoms with Crippen LogP contribution in [-0.2, 0) is 19.1 Å². The van der Waals surface area contributed by atoms with Crippen LogP contribution in [0.25, 0.3) is 0 Å². The van der Waals surface area contributed by atoms with Crippen molar-refractivity contribution in [1.29, 1.82) is 0 Å². The molecule has 0 aliphatic rings. The van der Waals surface area contributed by atoms with E-state index in [0.717, 1.165) is 12.1 Å². The fourth-order valence-electron chi connectivity index (χ4n) is 1.97. The Bertz CT molecular complexity index is 704. The number of anilines is 1. The molecule has 0 atom stereocenters. The van der Waals surface area contributed by atoms with E-state index in [2.05, 4.69) is 15.5 Å². The van der Waals surface area contributed by atoms with E-state index < -0.39 is 11.7 Å². The van der Waals surface area contributed by atoms with Crippen LogP contribution in [0, 0.1) is 0 Å². The highest BCUT2D eigenvalue weighted by Crippen LogP contribution is 2.29. The molecule has 0 unspecified atom stereocenters. The number of carbonyl (C=O) groups is 1. The van der Waals surface area contributed by atoms with Crippen molar-refractivity contribution in [2.24, 2.45) is 0 Å². The van der Waals surface area contributed by atoms with Gasteiger partial charge in [0.15, 0.2) is 0 Å². The first-order valence-electron chi connectivity index (χ1n) is 6.98. The first-order valence-corrected chi connectivity index (χ1v) is 7.80. The third kappa shape index (κ3) is 5.08. The summed E-state index contributed by atoms with van der Waals surface area (Å²) in [6, 6.07) is 4.52. The van der Waals surface area contributed by atoms with Gasteiger partial charge in [0.05, 0.1) is 5.56 Å². The number of alkyl halides is 3. The molecule has 2 rings (SSSR count). The second-order valence-corrected chi connectivity index (χ2v) is 6.16. The Kier molecular flexibility index (Phi) is 5.60. The van der Waals surface area contributed by atoms with E-state index in [4.69, 9.17) is 5.73 Å². The Hall–Kier alpha value is -2.36.